The van der Waals surface area contributed by atoms with Gasteiger partial charge in [-0.3, -0.25) is 29.4 Å². The molecule has 5 aliphatic rings. The van der Waals surface area contributed by atoms with Crippen molar-refractivity contribution < 1.29 is 0 Å². The Morgan fingerprint density at radius 1 is 0.333 bits per heavy atom. The maximum Gasteiger partial charge on any atom is 0.0943 e. The van der Waals surface area contributed by atoms with Crippen molar-refractivity contribution in [1.29, 1.82) is 0 Å². The number of nitrogens with zero attached hydrogens (tertiary/aromatic N) is 6. The molecule has 0 spiro atoms. The molecule has 0 radical (unpaired) electrons. The molecule has 5 aliphatic heterocycles. The summed E-state index contributed by atoms with van der Waals surface area (Å²) in [6.07, 6.45) is 2.99. The van der Waals surface area contributed by atoms with Crippen LogP contribution in [0.25, 0.3) is 0 Å². The van der Waals surface area contributed by atoms with Crippen LogP contribution in [0.2, 0.25) is 0 Å². The van der Waals surface area contributed by atoms with E-state index in [4.69, 9.17) is 0 Å². The van der Waals surface area contributed by atoms with Crippen LogP contribution in [0.4, 0.5) is 0 Å². The number of likely N-dealkylation sites (N-methyl/N-ethyl adjacent to an activating group) is 6. The third-order valence-electron chi connectivity index (χ3n) is 5.81. The Morgan fingerprint density at radius 2 is 0.444 bits per heavy atom. The molecule has 5 fully saturated rings. The maximum absolute atomic E-state index is 2.56. The van der Waals surface area contributed by atoms with Crippen LogP contribution in [-0.2, 0) is 0 Å². The van der Waals surface area contributed by atoms with E-state index in [1.807, 2.05) is 0 Å². The van der Waals surface area contributed by atoms with Gasteiger partial charge in [0.1, 0.15) is 0 Å². The lowest BCUT2D eigenvalue weighted by atomic mass is 10.1. The fraction of sp³-hybridized carbons (Fsp3) is 1.00. The zero-order valence-electron chi connectivity index (χ0n) is 12.1. The molecule has 0 atom stereocenters. The minimum atomic E-state index is 0.484. The molecule has 18 heavy (non-hydrogen) atoms. The van der Waals surface area contributed by atoms with E-state index >= 15 is 0 Å². The third kappa shape index (κ3) is 0.961. The van der Waals surface area contributed by atoms with Gasteiger partial charge in [0.2, 0.25) is 0 Å². The van der Waals surface area contributed by atoms with Crippen LogP contribution in [0.5, 0.6) is 0 Å². The van der Waals surface area contributed by atoms with Crippen LogP contribution in [0, 0.1) is 0 Å². The zero-order valence-corrected chi connectivity index (χ0v) is 12.1. The van der Waals surface area contributed by atoms with E-state index in [1.54, 1.807) is 0 Å². The molecular weight excluding hydrogens is 228 g/mol. The molecule has 0 unspecified atom stereocenters. The van der Waals surface area contributed by atoms with E-state index in [2.05, 4.69) is 71.7 Å². The summed E-state index contributed by atoms with van der Waals surface area (Å²) in [4.78, 5) is 15.3. The number of rotatable bonds is 0. The van der Waals surface area contributed by atoms with Crippen LogP contribution in [0.1, 0.15) is 0 Å². The van der Waals surface area contributed by atoms with Crippen molar-refractivity contribution in [3.05, 3.63) is 0 Å². The van der Waals surface area contributed by atoms with Gasteiger partial charge in [-0.2, -0.15) is 0 Å². The lowest BCUT2D eigenvalue weighted by molar-refractivity contribution is -0.124. The van der Waals surface area contributed by atoms with E-state index in [9.17, 15) is 0 Å². The van der Waals surface area contributed by atoms with Crippen molar-refractivity contribution in [3.8, 4) is 0 Å². The van der Waals surface area contributed by atoms with Crippen molar-refractivity contribution in [2.75, 3.05) is 42.3 Å². The maximum atomic E-state index is 2.56. The molecule has 0 N–H and O–H groups in total. The van der Waals surface area contributed by atoms with Crippen LogP contribution >= 0.6 is 0 Å². The Labute approximate surface area is 109 Å². The van der Waals surface area contributed by atoms with Crippen LogP contribution in [0.3, 0.4) is 0 Å². The summed E-state index contributed by atoms with van der Waals surface area (Å²) in [5.41, 5.74) is 0. The summed E-state index contributed by atoms with van der Waals surface area (Å²) >= 11 is 0. The van der Waals surface area contributed by atoms with Gasteiger partial charge in [0.15, 0.2) is 0 Å². The highest BCUT2D eigenvalue weighted by Gasteiger charge is 2.67. The molecule has 6 bridgehead atoms. The average Bonchev–Trinajstić information content (AvgIpc) is 2.67. The standard InChI is InChI=1S/C12H24N6/c1-13-7-8-14(2)11(13)12-15(3)9(17(7)5)10(16(12)4)18(8)6/h7-12H,1-6H3. The van der Waals surface area contributed by atoms with Crippen molar-refractivity contribution in [2.24, 2.45) is 0 Å². The van der Waals surface area contributed by atoms with Gasteiger partial charge in [-0.15, -0.1) is 0 Å². The fourth-order valence-corrected chi connectivity index (χ4v) is 5.19. The molecule has 102 valence electrons. The summed E-state index contributed by atoms with van der Waals surface area (Å²) in [6.45, 7) is 0. The lowest BCUT2D eigenvalue weighted by Crippen LogP contribution is -2.71. The Bertz CT molecular complexity index is 321. The van der Waals surface area contributed by atoms with E-state index in [1.165, 1.54) is 0 Å². The fourth-order valence-electron chi connectivity index (χ4n) is 5.19. The summed E-state index contributed by atoms with van der Waals surface area (Å²) < 4.78 is 0. The predicted molar refractivity (Wildman–Crippen MR) is 69.3 cm³/mol. The summed E-state index contributed by atoms with van der Waals surface area (Å²) in [5.74, 6) is 0. The third-order valence-corrected chi connectivity index (χ3v) is 5.81. The van der Waals surface area contributed by atoms with E-state index in [0.29, 0.717) is 37.0 Å². The minimum absolute atomic E-state index is 0.484. The first-order chi connectivity index (χ1) is 8.46. The van der Waals surface area contributed by atoms with Gasteiger partial charge >= 0.3 is 0 Å². The number of hydrogen-bond acceptors (Lipinski definition) is 6. The van der Waals surface area contributed by atoms with E-state index < -0.39 is 0 Å². The first kappa shape index (κ1) is 11.6. The molecule has 0 aromatic heterocycles. The van der Waals surface area contributed by atoms with Gasteiger partial charge in [0, 0.05) is 0 Å². The van der Waals surface area contributed by atoms with Gasteiger partial charge < -0.3 is 0 Å². The minimum Gasteiger partial charge on any atom is -0.270 e. The first-order valence-corrected chi connectivity index (χ1v) is 6.78. The lowest BCUT2D eigenvalue weighted by Gasteiger charge is -2.52. The smallest absolute Gasteiger partial charge is 0.0943 e. The number of hydrogen-bond donors (Lipinski definition) is 0. The quantitative estimate of drug-likeness (QED) is 0.524. The van der Waals surface area contributed by atoms with Crippen molar-refractivity contribution in [2.45, 2.75) is 37.0 Å². The van der Waals surface area contributed by atoms with Gasteiger partial charge in [-0.05, 0) is 42.3 Å². The highest BCUT2D eigenvalue weighted by atomic mass is 15.8. The second kappa shape index (κ2) is 3.26. The first-order valence-electron chi connectivity index (χ1n) is 6.78. The topological polar surface area (TPSA) is 19.4 Å². The molecule has 6 nitrogen and oxygen atoms in total. The second-order valence-electron chi connectivity index (χ2n) is 6.47. The Morgan fingerprint density at radius 3 is 0.556 bits per heavy atom. The molecule has 6 heteroatoms. The molecule has 0 saturated carbocycles. The zero-order chi connectivity index (χ0) is 12.9. The highest BCUT2D eigenvalue weighted by Crippen LogP contribution is 2.47. The molecular formula is C12H24N6. The monoisotopic (exact) mass is 252 g/mol. The van der Waals surface area contributed by atoms with Crippen molar-refractivity contribution in [1.82, 2.24) is 29.4 Å². The van der Waals surface area contributed by atoms with E-state index in [-0.39, 0.29) is 0 Å². The van der Waals surface area contributed by atoms with Crippen LogP contribution in [0.15, 0.2) is 0 Å². The molecule has 0 amide bonds. The molecule has 0 aliphatic carbocycles. The summed E-state index contributed by atoms with van der Waals surface area (Å²) in [7, 11) is 13.7. The molecule has 5 saturated heterocycles. The summed E-state index contributed by atoms with van der Waals surface area (Å²) in [5, 5.41) is 0. The van der Waals surface area contributed by atoms with Crippen LogP contribution in [-0.4, -0.2) is 109 Å². The molecule has 5 heterocycles. The normalized spacial score (nSPS) is 55.0. The van der Waals surface area contributed by atoms with Gasteiger partial charge in [0.05, 0.1) is 37.0 Å². The average molecular weight is 252 g/mol. The molecule has 0 aromatic rings. The number of piperazine rings is 1. The predicted octanol–water partition coefficient (Wildman–Crippen LogP) is -1.41. The SMILES string of the molecule is CN1C2C3N(C)C1C1N(C)C(C(N1C)N3C)N2C. The second-order valence-corrected chi connectivity index (χ2v) is 6.47. The van der Waals surface area contributed by atoms with Crippen molar-refractivity contribution in [3.63, 3.8) is 0 Å². The Kier molecular flexibility index (Phi) is 2.09. The molecule has 0 aromatic carbocycles. The van der Waals surface area contributed by atoms with Gasteiger partial charge in [0.25, 0.3) is 0 Å². The van der Waals surface area contributed by atoms with Gasteiger partial charge in [-0.25, -0.2) is 0 Å². The summed E-state index contributed by atoms with van der Waals surface area (Å²) in [6, 6.07) is 0. The van der Waals surface area contributed by atoms with Gasteiger partial charge in [-0.1, -0.05) is 0 Å². The largest absolute Gasteiger partial charge is 0.270 e. The van der Waals surface area contributed by atoms with Crippen molar-refractivity contribution >= 4 is 0 Å². The molecule has 5 rings (SSSR count). The Hall–Kier alpha value is -0.240. The highest BCUT2D eigenvalue weighted by molar-refractivity contribution is 5.14. The van der Waals surface area contributed by atoms with E-state index in [0.717, 1.165) is 0 Å². The Balaban J connectivity index is 1.94. The van der Waals surface area contributed by atoms with Crippen LogP contribution < -0.4 is 0 Å².